The van der Waals surface area contributed by atoms with E-state index in [9.17, 15) is 22.8 Å². The predicted octanol–water partition coefficient (Wildman–Crippen LogP) is 4.76. The first-order valence-corrected chi connectivity index (χ1v) is 10.2. The molecule has 0 saturated carbocycles. The molecule has 2 aromatic heterocycles. The van der Waals surface area contributed by atoms with Crippen LogP contribution in [0.2, 0.25) is 0 Å². The van der Waals surface area contributed by atoms with E-state index in [4.69, 9.17) is 4.42 Å². The lowest BCUT2D eigenvalue weighted by atomic mass is 10.1. The number of alkyl halides is 3. The second-order valence-corrected chi connectivity index (χ2v) is 7.73. The molecule has 1 aliphatic rings. The Balaban J connectivity index is 1.45. The van der Waals surface area contributed by atoms with Crippen molar-refractivity contribution in [1.82, 2.24) is 14.5 Å². The molecule has 0 saturated heterocycles. The van der Waals surface area contributed by atoms with E-state index in [0.29, 0.717) is 28.1 Å². The van der Waals surface area contributed by atoms with Gasteiger partial charge in [0.15, 0.2) is 0 Å². The van der Waals surface area contributed by atoms with E-state index in [2.05, 4.69) is 16.9 Å². The molecule has 0 bridgehead atoms. The van der Waals surface area contributed by atoms with E-state index in [1.54, 1.807) is 41.0 Å². The number of carbonyl (C=O) groups excluding carboxylic acids is 2. The fourth-order valence-corrected chi connectivity index (χ4v) is 3.93. The third-order valence-electron chi connectivity index (χ3n) is 5.56. The summed E-state index contributed by atoms with van der Waals surface area (Å²) >= 11 is 0. The minimum absolute atomic E-state index is 0.0329. The van der Waals surface area contributed by atoms with Gasteiger partial charge < -0.3 is 8.98 Å². The summed E-state index contributed by atoms with van der Waals surface area (Å²) in [6.45, 7) is 3.71. The summed E-state index contributed by atoms with van der Waals surface area (Å²) in [5.74, 6) is -0.372. The summed E-state index contributed by atoms with van der Waals surface area (Å²) < 4.78 is 46.5. The molecule has 0 atom stereocenters. The predicted molar refractivity (Wildman–Crippen MR) is 118 cm³/mol. The van der Waals surface area contributed by atoms with Gasteiger partial charge >= 0.3 is 6.18 Å². The molecule has 0 unspecified atom stereocenters. The van der Waals surface area contributed by atoms with Gasteiger partial charge in [-0.05, 0) is 36.4 Å². The van der Waals surface area contributed by atoms with Crippen molar-refractivity contribution in [2.45, 2.75) is 12.7 Å². The lowest BCUT2D eigenvalue weighted by Gasteiger charge is -2.17. The Morgan fingerprint density at radius 2 is 1.85 bits per heavy atom. The topological polar surface area (TPSA) is 80.4 Å². The van der Waals surface area contributed by atoms with Crippen LogP contribution in [0.15, 0.2) is 71.9 Å². The molecule has 0 fully saturated rings. The lowest BCUT2D eigenvalue weighted by Crippen LogP contribution is -2.33. The smallest absolute Gasteiger partial charge is 0.416 e. The van der Waals surface area contributed by atoms with Gasteiger partial charge in [0.1, 0.15) is 12.3 Å². The maximum absolute atomic E-state index is 13.2. The first-order chi connectivity index (χ1) is 16.2. The van der Waals surface area contributed by atoms with Gasteiger partial charge in [-0.15, -0.1) is 0 Å². The van der Waals surface area contributed by atoms with E-state index in [-0.39, 0.29) is 30.5 Å². The average molecular weight is 466 g/mol. The monoisotopic (exact) mass is 466 g/mol. The van der Waals surface area contributed by atoms with Crippen LogP contribution in [0.25, 0.3) is 16.7 Å². The summed E-state index contributed by atoms with van der Waals surface area (Å²) in [4.78, 5) is 31.0. The molecule has 2 aromatic carbocycles. The van der Waals surface area contributed by atoms with Gasteiger partial charge in [-0.25, -0.2) is 4.98 Å². The van der Waals surface area contributed by atoms with Gasteiger partial charge in [0.2, 0.25) is 11.9 Å². The van der Waals surface area contributed by atoms with Crippen LogP contribution in [0.1, 0.15) is 27.2 Å². The number of nitrogens with one attached hydrogen (secondary N) is 1. The number of nitrogens with zero attached hydrogens (tertiary/aromatic N) is 3. The van der Waals surface area contributed by atoms with Crippen molar-refractivity contribution in [2.24, 2.45) is 0 Å². The van der Waals surface area contributed by atoms with E-state index in [0.717, 1.165) is 12.1 Å². The molecule has 10 heteroatoms. The van der Waals surface area contributed by atoms with E-state index in [1.165, 1.54) is 17.2 Å². The van der Waals surface area contributed by atoms with Crippen LogP contribution >= 0.6 is 0 Å². The van der Waals surface area contributed by atoms with Crippen molar-refractivity contribution in [2.75, 3.05) is 11.9 Å². The Bertz CT molecular complexity index is 1400. The number of furan rings is 1. The quantitative estimate of drug-likeness (QED) is 0.460. The highest BCUT2D eigenvalue weighted by atomic mass is 19.4. The molecule has 0 aliphatic carbocycles. The maximum atomic E-state index is 13.2. The van der Waals surface area contributed by atoms with Crippen molar-refractivity contribution in [1.29, 1.82) is 0 Å². The van der Waals surface area contributed by atoms with E-state index in [1.807, 2.05) is 0 Å². The molecule has 7 nitrogen and oxygen atoms in total. The summed E-state index contributed by atoms with van der Waals surface area (Å²) in [5.41, 5.74) is 1.08. The third kappa shape index (κ3) is 3.72. The minimum atomic E-state index is -4.53. The van der Waals surface area contributed by atoms with Crippen molar-refractivity contribution < 1.29 is 27.2 Å². The van der Waals surface area contributed by atoms with E-state index < -0.39 is 17.6 Å². The second-order valence-electron chi connectivity index (χ2n) is 7.73. The number of fused-ring (bicyclic) bond motifs is 2. The van der Waals surface area contributed by atoms with Crippen LogP contribution in [0, 0.1) is 0 Å². The Hall–Kier alpha value is -4.34. The Morgan fingerprint density at radius 1 is 1.09 bits per heavy atom. The molecule has 1 aliphatic heterocycles. The number of hydrogen-bond acceptors (Lipinski definition) is 4. The van der Waals surface area contributed by atoms with Crippen molar-refractivity contribution in [3.05, 3.63) is 89.9 Å². The number of aromatic nitrogens is 2. The third-order valence-corrected chi connectivity index (χ3v) is 5.56. The highest BCUT2D eigenvalue weighted by Crippen LogP contribution is 2.33. The van der Waals surface area contributed by atoms with Crippen LogP contribution in [-0.2, 0) is 17.5 Å². The summed E-state index contributed by atoms with van der Waals surface area (Å²) in [6.07, 6.45) is -3.06. The summed E-state index contributed by atoms with van der Waals surface area (Å²) in [7, 11) is 0. The molecule has 3 heterocycles. The van der Waals surface area contributed by atoms with Gasteiger partial charge in [-0.1, -0.05) is 24.8 Å². The zero-order valence-electron chi connectivity index (χ0n) is 17.6. The largest absolute Gasteiger partial charge is 0.467 e. The summed E-state index contributed by atoms with van der Waals surface area (Å²) in [6, 6.07) is 13.4. The number of hydrogen-bond donors (Lipinski definition) is 1. The fraction of sp³-hybridized carbons (Fsp3) is 0.125. The fourth-order valence-electron chi connectivity index (χ4n) is 3.93. The minimum Gasteiger partial charge on any atom is -0.467 e. The molecule has 172 valence electrons. The highest BCUT2D eigenvalue weighted by molar-refractivity contribution is 6.11. The standard InChI is InChI=1S/C24H17F3N4O3/c1-14-17-6-2-3-7-18(17)22(33)30(14)13-21(32)29-23-28-19-11-15(24(25,26)27)8-9-20(19)31(23)12-16-5-4-10-34-16/h2-11H,1,12-13H2,(H,28,29,32). The van der Waals surface area contributed by atoms with Crippen molar-refractivity contribution >= 4 is 34.5 Å². The first-order valence-electron chi connectivity index (χ1n) is 10.2. The maximum Gasteiger partial charge on any atom is 0.416 e. The number of anilines is 1. The van der Waals surface area contributed by atoms with Crippen molar-refractivity contribution in [3.63, 3.8) is 0 Å². The van der Waals surface area contributed by atoms with Gasteiger partial charge in [-0.2, -0.15) is 13.2 Å². The van der Waals surface area contributed by atoms with E-state index >= 15 is 0 Å². The highest BCUT2D eigenvalue weighted by Gasteiger charge is 2.33. The molecule has 5 rings (SSSR count). The zero-order chi connectivity index (χ0) is 24.0. The van der Waals surface area contributed by atoms with Gasteiger partial charge in [0, 0.05) is 16.8 Å². The Kier molecular flexibility index (Phi) is 5.00. The lowest BCUT2D eigenvalue weighted by molar-refractivity contribution is -0.137. The molecule has 2 amide bonds. The first kappa shape index (κ1) is 21.5. The SMILES string of the molecule is C=C1c2ccccc2C(=O)N1CC(=O)Nc1nc2cc(C(F)(F)F)ccc2n1Cc1ccco1. The molecule has 0 spiro atoms. The van der Waals surface area contributed by atoms with Crippen LogP contribution in [-0.4, -0.2) is 32.8 Å². The van der Waals surface area contributed by atoms with Gasteiger partial charge in [0.25, 0.3) is 5.91 Å². The molecule has 0 radical (unpaired) electrons. The number of carbonyl (C=O) groups is 2. The number of benzene rings is 2. The number of halogens is 3. The molecular weight excluding hydrogens is 449 g/mol. The van der Waals surface area contributed by atoms with Crippen LogP contribution < -0.4 is 5.32 Å². The number of rotatable bonds is 5. The molecular formula is C24H17F3N4O3. The second kappa shape index (κ2) is 7.91. The normalized spacial score (nSPS) is 13.6. The average Bonchev–Trinajstić information content (AvgIpc) is 3.49. The number of amides is 2. The van der Waals surface area contributed by atoms with Crippen LogP contribution in [0.4, 0.5) is 19.1 Å². The van der Waals surface area contributed by atoms with Crippen LogP contribution in [0.5, 0.6) is 0 Å². The molecule has 4 aromatic rings. The summed E-state index contributed by atoms with van der Waals surface area (Å²) in [5, 5.41) is 2.62. The van der Waals surface area contributed by atoms with Crippen LogP contribution in [0.3, 0.4) is 0 Å². The van der Waals surface area contributed by atoms with Gasteiger partial charge in [-0.3, -0.25) is 19.8 Å². The molecule has 34 heavy (non-hydrogen) atoms. The zero-order valence-corrected chi connectivity index (χ0v) is 17.6. The Labute approximate surface area is 191 Å². The van der Waals surface area contributed by atoms with Crippen molar-refractivity contribution in [3.8, 4) is 0 Å². The number of imidazole rings is 1. The molecule has 1 N–H and O–H groups in total. The Morgan fingerprint density at radius 3 is 2.53 bits per heavy atom. The van der Waals surface area contributed by atoms with Gasteiger partial charge in [0.05, 0.1) is 29.4 Å².